The van der Waals surface area contributed by atoms with Gasteiger partial charge < -0.3 is 10.1 Å². The van der Waals surface area contributed by atoms with Gasteiger partial charge in [-0.1, -0.05) is 29.8 Å². The SMILES string of the molecule is CCOc1ccc(CN(C)[C@H](C)C(=O)NC(=O)Nc2ccc(C)cc2C)cc1. The summed E-state index contributed by atoms with van der Waals surface area (Å²) in [4.78, 5) is 26.5. The fraction of sp³-hybridized carbons (Fsp3) is 0.364. The summed E-state index contributed by atoms with van der Waals surface area (Å²) in [6.45, 7) is 8.83. The highest BCUT2D eigenvalue weighted by Gasteiger charge is 2.20. The third-order valence-electron chi connectivity index (χ3n) is 4.57. The number of aryl methyl sites for hydroxylation is 2. The zero-order chi connectivity index (χ0) is 20.7. The van der Waals surface area contributed by atoms with Gasteiger partial charge in [-0.2, -0.15) is 0 Å². The topological polar surface area (TPSA) is 70.7 Å². The molecule has 2 aromatic rings. The Hall–Kier alpha value is -2.86. The number of carbonyl (C=O) groups excluding carboxylic acids is 2. The van der Waals surface area contributed by atoms with E-state index in [0.29, 0.717) is 18.8 Å². The molecular weight excluding hydrogens is 354 g/mol. The number of imide groups is 1. The van der Waals surface area contributed by atoms with Crippen molar-refractivity contribution in [3.8, 4) is 5.75 Å². The smallest absolute Gasteiger partial charge is 0.325 e. The molecule has 28 heavy (non-hydrogen) atoms. The van der Waals surface area contributed by atoms with Crippen molar-refractivity contribution in [1.82, 2.24) is 10.2 Å². The molecule has 0 aliphatic heterocycles. The first-order valence-corrected chi connectivity index (χ1v) is 9.41. The summed E-state index contributed by atoms with van der Waals surface area (Å²) in [5.41, 5.74) is 3.81. The molecule has 1 atom stereocenters. The van der Waals surface area contributed by atoms with Gasteiger partial charge in [0.15, 0.2) is 0 Å². The summed E-state index contributed by atoms with van der Waals surface area (Å²) in [7, 11) is 1.85. The highest BCUT2D eigenvalue weighted by molar-refractivity contribution is 6.03. The third-order valence-corrected chi connectivity index (χ3v) is 4.57. The first kappa shape index (κ1) is 21.4. The van der Waals surface area contributed by atoms with Gasteiger partial charge in [-0.3, -0.25) is 15.0 Å². The minimum absolute atomic E-state index is 0.351. The van der Waals surface area contributed by atoms with E-state index >= 15 is 0 Å². The van der Waals surface area contributed by atoms with Crippen LogP contribution in [0.2, 0.25) is 0 Å². The van der Waals surface area contributed by atoms with Crippen LogP contribution in [-0.2, 0) is 11.3 Å². The van der Waals surface area contributed by atoms with E-state index in [4.69, 9.17) is 4.74 Å². The molecule has 150 valence electrons. The zero-order valence-electron chi connectivity index (χ0n) is 17.2. The second-order valence-corrected chi connectivity index (χ2v) is 6.93. The van der Waals surface area contributed by atoms with Crippen molar-refractivity contribution < 1.29 is 14.3 Å². The number of anilines is 1. The number of rotatable bonds is 7. The Morgan fingerprint density at radius 1 is 1.11 bits per heavy atom. The molecule has 0 heterocycles. The van der Waals surface area contributed by atoms with Gasteiger partial charge in [0.2, 0.25) is 5.91 Å². The molecule has 0 saturated carbocycles. The summed E-state index contributed by atoms with van der Waals surface area (Å²) in [5, 5.41) is 5.14. The lowest BCUT2D eigenvalue weighted by Gasteiger charge is -2.23. The largest absolute Gasteiger partial charge is 0.494 e. The van der Waals surface area contributed by atoms with Crippen molar-refractivity contribution in [3.63, 3.8) is 0 Å². The molecule has 0 fully saturated rings. The minimum Gasteiger partial charge on any atom is -0.494 e. The van der Waals surface area contributed by atoms with E-state index < -0.39 is 12.1 Å². The number of nitrogens with one attached hydrogen (secondary N) is 2. The van der Waals surface area contributed by atoms with Crippen LogP contribution in [0.5, 0.6) is 5.75 Å². The molecule has 2 rings (SSSR count). The zero-order valence-corrected chi connectivity index (χ0v) is 17.2. The van der Waals surface area contributed by atoms with E-state index in [-0.39, 0.29) is 5.91 Å². The van der Waals surface area contributed by atoms with Crippen molar-refractivity contribution in [2.45, 2.75) is 40.3 Å². The summed E-state index contributed by atoms with van der Waals surface area (Å²) in [6.07, 6.45) is 0. The monoisotopic (exact) mass is 383 g/mol. The molecular formula is C22H29N3O3. The fourth-order valence-electron chi connectivity index (χ4n) is 2.81. The van der Waals surface area contributed by atoms with Gasteiger partial charge in [-0.15, -0.1) is 0 Å². The predicted molar refractivity (Wildman–Crippen MR) is 112 cm³/mol. The van der Waals surface area contributed by atoms with Gasteiger partial charge in [-0.25, -0.2) is 4.79 Å². The van der Waals surface area contributed by atoms with E-state index in [0.717, 1.165) is 22.4 Å². The van der Waals surface area contributed by atoms with Crippen LogP contribution in [0.3, 0.4) is 0 Å². The van der Waals surface area contributed by atoms with Crippen molar-refractivity contribution in [3.05, 3.63) is 59.2 Å². The highest BCUT2D eigenvalue weighted by atomic mass is 16.5. The first-order chi connectivity index (χ1) is 13.3. The van der Waals surface area contributed by atoms with Crippen LogP contribution in [0.1, 0.15) is 30.5 Å². The number of nitrogens with zero attached hydrogens (tertiary/aromatic N) is 1. The van der Waals surface area contributed by atoms with Crippen LogP contribution in [0.4, 0.5) is 10.5 Å². The lowest BCUT2D eigenvalue weighted by molar-refractivity contribution is -0.124. The molecule has 2 aromatic carbocycles. The lowest BCUT2D eigenvalue weighted by atomic mass is 10.1. The van der Waals surface area contributed by atoms with Crippen LogP contribution < -0.4 is 15.4 Å². The number of likely N-dealkylation sites (N-methyl/N-ethyl adjacent to an activating group) is 1. The average Bonchev–Trinajstić information content (AvgIpc) is 2.65. The van der Waals surface area contributed by atoms with Crippen LogP contribution >= 0.6 is 0 Å². The summed E-state index contributed by atoms with van der Waals surface area (Å²) in [6, 6.07) is 12.5. The number of hydrogen-bond acceptors (Lipinski definition) is 4. The Balaban J connectivity index is 1.88. The molecule has 0 aromatic heterocycles. The van der Waals surface area contributed by atoms with Gasteiger partial charge in [0.25, 0.3) is 0 Å². The van der Waals surface area contributed by atoms with Gasteiger partial charge in [-0.05, 0) is 64.1 Å². The number of ether oxygens (including phenoxy) is 1. The van der Waals surface area contributed by atoms with Crippen molar-refractivity contribution >= 4 is 17.6 Å². The molecule has 0 unspecified atom stereocenters. The normalized spacial score (nSPS) is 11.8. The van der Waals surface area contributed by atoms with E-state index in [1.54, 1.807) is 6.92 Å². The summed E-state index contributed by atoms with van der Waals surface area (Å²) in [5.74, 6) is 0.471. The number of urea groups is 1. The van der Waals surface area contributed by atoms with Gasteiger partial charge in [0.1, 0.15) is 5.75 Å². The van der Waals surface area contributed by atoms with Crippen LogP contribution in [-0.4, -0.2) is 36.5 Å². The van der Waals surface area contributed by atoms with Gasteiger partial charge >= 0.3 is 6.03 Å². The lowest BCUT2D eigenvalue weighted by Crippen LogP contribution is -2.46. The standard InChI is InChI=1S/C22H29N3O3/c1-6-28-19-10-8-18(9-11-19)14-25(5)17(4)21(26)24-22(27)23-20-12-7-15(2)13-16(20)3/h7-13,17H,6,14H2,1-5H3,(H2,23,24,26,27)/t17-/m1/s1. The second-order valence-electron chi connectivity index (χ2n) is 6.93. The molecule has 6 nitrogen and oxygen atoms in total. The summed E-state index contributed by atoms with van der Waals surface area (Å²) >= 11 is 0. The Kier molecular flexibility index (Phi) is 7.58. The van der Waals surface area contributed by atoms with Crippen molar-refractivity contribution in [2.75, 3.05) is 19.0 Å². The van der Waals surface area contributed by atoms with Crippen LogP contribution in [0, 0.1) is 13.8 Å². The fourth-order valence-corrected chi connectivity index (χ4v) is 2.81. The third kappa shape index (κ3) is 6.09. The number of carbonyl (C=O) groups is 2. The average molecular weight is 383 g/mol. The molecule has 0 saturated heterocycles. The molecule has 0 aliphatic carbocycles. The number of hydrogen-bond donors (Lipinski definition) is 2. The quantitative estimate of drug-likeness (QED) is 0.761. The Morgan fingerprint density at radius 3 is 2.39 bits per heavy atom. The molecule has 6 heteroatoms. The van der Waals surface area contributed by atoms with Gasteiger partial charge in [0, 0.05) is 12.2 Å². The number of benzene rings is 2. The molecule has 2 N–H and O–H groups in total. The van der Waals surface area contributed by atoms with E-state index in [1.807, 2.05) is 75.2 Å². The van der Waals surface area contributed by atoms with Crippen LogP contribution in [0.15, 0.2) is 42.5 Å². The molecule has 0 bridgehead atoms. The second kappa shape index (κ2) is 9.90. The summed E-state index contributed by atoms with van der Waals surface area (Å²) < 4.78 is 5.44. The van der Waals surface area contributed by atoms with Crippen molar-refractivity contribution in [1.29, 1.82) is 0 Å². The maximum Gasteiger partial charge on any atom is 0.325 e. The van der Waals surface area contributed by atoms with Gasteiger partial charge in [0.05, 0.1) is 12.6 Å². The Labute approximate surface area is 166 Å². The molecule has 3 amide bonds. The van der Waals surface area contributed by atoms with E-state index in [2.05, 4.69) is 10.6 Å². The van der Waals surface area contributed by atoms with E-state index in [1.165, 1.54) is 0 Å². The maximum atomic E-state index is 12.4. The first-order valence-electron chi connectivity index (χ1n) is 9.41. The predicted octanol–water partition coefficient (Wildman–Crippen LogP) is 3.87. The van der Waals surface area contributed by atoms with E-state index in [9.17, 15) is 9.59 Å². The van der Waals surface area contributed by atoms with Crippen LogP contribution in [0.25, 0.3) is 0 Å². The minimum atomic E-state index is -0.529. The Morgan fingerprint density at radius 2 is 1.79 bits per heavy atom. The molecule has 0 aliphatic rings. The molecule has 0 spiro atoms. The maximum absolute atomic E-state index is 12.4. The number of amides is 3. The van der Waals surface area contributed by atoms with Crippen molar-refractivity contribution in [2.24, 2.45) is 0 Å². The Bertz CT molecular complexity index is 818. The highest BCUT2D eigenvalue weighted by Crippen LogP contribution is 2.16. The molecule has 0 radical (unpaired) electrons.